The van der Waals surface area contributed by atoms with Crippen LogP contribution in [0.2, 0.25) is 0 Å². The average Bonchev–Trinajstić information content (AvgIpc) is 2.86. The monoisotopic (exact) mass is 442 g/mol. The Hall–Kier alpha value is -2.68. The zero-order chi connectivity index (χ0) is 23.0. The fourth-order valence-electron chi connectivity index (χ4n) is 4.19. The van der Waals surface area contributed by atoms with Crippen LogP contribution in [-0.4, -0.2) is 7.12 Å². The maximum atomic E-state index is 6.32. The minimum absolute atomic E-state index is 0.478. The number of hydrogen-bond donors (Lipinski definition) is 0. The zero-order valence-corrected chi connectivity index (χ0v) is 20.3. The lowest BCUT2D eigenvalue weighted by molar-refractivity contribution is 0.438. The first-order valence-electron chi connectivity index (χ1n) is 12.9. The van der Waals surface area contributed by atoms with E-state index in [2.05, 4.69) is 31.2 Å². The van der Waals surface area contributed by atoms with Gasteiger partial charge in [-0.3, -0.25) is 0 Å². The van der Waals surface area contributed by atoms with Crippen LogP contribution >= 0.6 is 0 Å². The Bertz CT molecular complexity index is 841. The second-order valence-corrected chi connectivity index (χ2v) is 8.82. The number of rotatable bonds is 16. The molecule has 33 heavy (non-hydrogen) atoms. The molecule has 0 N–H and O–H groups in total. The van der Waals surface area contributed by atoms with E-state index in [-0.39, 0.29) is 0 Å². The van der Waals surface area contributed by atoms with Gasteiger partial charge < -0.3 is 9.31 Å². The van der Waals surface area contributed by atoms with Crippen molar-refractivity contribution in [2.24, 2.45) is 0 Å². The molecule has 2 nitrogen and oxygen atoms in total. The van der Waals surface area contributed by atoms with E-state index in [4.69, 9.17) is 9.31 Å². The van der Waals surface area contributed by atoms with Crippen molar-refractivity contribution in [3.63, 3.8) is 0 Å². The highest BCUT2D eigenvalue weighted by atomic mass is 16.6. The van der Waals surface area contributed by atoms with Gasteiger partial charge in [-0.25, -0.2) is 0 Å². The van der Waals surface area contributed by atoms with Gasteiger partial charge in [-0.15, -0.1) is 0 Å². The fraction of sp³-hybridized carbons (Fsp3) is 0.400. The molecule has 0 amide bonds. The van der Waals surface area contributed by atoms with Crippen LogP contribution in [0.15, 0.2) is 84.9 Å². The van der Waals surface area contributed by atoms with E-state index in [1.54, 1.807) is 0 Å². The molecule has 0 bridgehead atoms. The lowest BCUT2D eigenvalue weighted by Crippen LogP contribution is -2.44. The van der Waals surface area contributed by atoms with Crippen molar-refractivity contribution in [3.8, 4) is 11.5 Å². The fourth-order valence-corrected chi connectivity index (χ4v) is 4.19. The third-order valence-corrected chi connectivity index (χ3v) is 6.08. The molecule has 174 valence electrons. The summed E-state index contributed by atoms with van der Waals surface area (Å²) in [6, 6.07) is 28.4. The summed E-state index contributed by atoms with van der Waals surface area (Å²) in [4.78, 5) is 0. The van der Waals surface area contributed by atoms with E-state index in [0.717, 1.165) is 23.4 Å². The van der Waals surface area contributed by atoms with Crippen molar-refractivity contribution in [2.75, 3.05) is 0 Å². The van der Waals surface area contributed by atoms with Gasteiger partial charge in [0.1, 0.15) is 11.5 Å². The normalized spacial score (nSPS) is 10.7. The summed E-state index contributed by atoms with van der Waals surface area (Å²) in [7, 11) is -0.478. The summed E-state index contributed by atoms with van der Waals surface area (Å²) in [5.74, 6) is 1.62. The summed E-state index contributed by atoms with van der Waals surface area (Å²) in [6.45, 7) is 2.28. The molecule has 3 aromatic rings. The second kappa shape index (κ2) is 15.2. The number of aryl methyl sites for hydroxylation is 1. The van der Waals surface area contributed by atoms with Crippen LogP contribution in [0.25, 0.3) is 0 Å². The van der Waals surface area contributed by atoms with Crippen LogP contribution < -0.4 is 14.8 Å². The van der Waals surface area contributed by atoms with Crippen LogP contribution in [0.3, 0.4) is 0 Å². The predicted molar refractivity (Wildman–Crippen MR) is 142 cm³/mol. The van der Waals surface area contributed by atoms with Crippen LogP contribution in [0.4, 0.5) is 0 Å². The van der Waals surface area contributed by atoms with Crippen molar-refractivity contribution in [1.29, 1.82) is 0 Å². The number of benzene rings is 3. The van der Waals surface area contributed by atoms with Gasteiger partial charge in [0.15, 0.2) is 0 Å². The highest BCUT2D eigenvalue weighted by Gasteiger charge is 2.28. The van der Waals surface area contributed by atoms with E-state index in [9.17, 15) is 0 Å². The van der Waals surface area contributed by atoms with E-state index < -0.39 is 7.12 Å². The number of unbranched alkanes of at least 4 members (excludes halogenated alkanes) is 9. The van der Waals surface area contributed by atoms with Crippen molar-refractivity contribution in [2.45, 2.75) is 77.6 Å². The summed E-state index contributed by atoms with van der Waals surface area (Å²) >= 11 is 0. The standard InChI is InChI=1S/C30H39BO2/c1-2-3-4-5-6-7-8-9-10-13-20-27-21-18-19-26-30(27)31(32-28-22-14-11-15-23-28)33-29-24-16-12-17-25-29/h11-12,14-19,21-26H,2-10,13,20H2,1H3. The smallest absolute Gasteiger partial charge is 0.522 e. The highest BCUT2D eigenvalue weighted by Crippen LogP contribution is 2.17. The van der Waals surface area contributed by atoms with E-state index >= 15 is 0 Å². The Balaban J connectivity index is 1.55. The number of hydrogen-bond acceptors (Lipinski definition) is 2. The van der Waals surface area contributed by atoms with Gasteiger partial charge >= 0.3 is 7.12 Å². The molecule has 0 heterocycles. The minimum Gasteiger partial charge on any atom is -0.522 e. The van der Waals surface area contributed by atoms with Gasteiger partial charge in [0, 0.05) is 5.46 Å². The largest absolute Gasteiger partial charge is 0.632 e. The van der Waals surface area contributed by atoms with Gasteiger partial charge in [0.05, 0.1) is 0 Å². The van der Waals surface area contributed by atoms with Gasteiger partial charge in [-0.05, 0) is 42.7 Å². The Morgan fingerprint density at radius 2 is 0.970 bits per heavy atom. The second-order valence-electron chi connectivity index (χ2n) is 8.82. The zero-order valence-electron chi connectivity index (χ0n) is 20.3. The Morgan fingerprint density at radius 1 is 0.515 bits per heavy atom. The molecule has 0 saturated heterocycles. The molecule has 0 unspecified atom stereocenters. The first kappa shape index (κ1) is 25.0. The van der Waals surface area contributed by atoms with Crippen molar-refractivity contribution in [3.05, 3.63) is 90.5 Å². The van der Waals surface area contributed by atoms with Gasteiger partial charge in [-0.1, -0.05) is 125 Å². The van der Waals surface area contributed by atoms with Crippen LogP contribution in [0.5, 0.6) is 11.5 Å². The van der Waals surface area contributed by atoms with Crippen molar-refractivity contribution in [1.82, 2.24) is 0 Å². The maximum Gasteiger partial charge on any atom is 0.632 e. The molecule has 0 radical (unpaired) electrons. The van der Waals surface area contributed by atoms with Crippen molar-refractivity contribution >= 4 is 12.6 Å². The van der Waals surface area contributed by atoms with Gasteiger partial charge in [0.25, 0.3) is 0 Å². The SMILES string of the molecule is CCCCCCCCCCCCc1ccccc1B(Oc1ccccc1)Oc1ccccc1. The summed E-state index contributed by atoms with van der Waals surface area (Å²) in [5, 5.41) is 0. The predicted octanol–water partition coefficient (Wildman–Crippen LogP) is 8.00. The Kier molecular flexibility index (Phi) is 11.5. The van der Waals surface area contributed by atoms with Gasteiger partial charge in [0.2, 0.25) is 0 Å². The maximum absolute atomic E-state index is 6.32. The van der Waals surface area contributed by atoms with Crippen LogP contribution in [0.1, 0.15) is 76.7 Å². The molecule has 3 aromatic carbocycles. The Labute approximate surface area is 201 Å². The van der Waals surface area contributed by atoms with E-state index in [1.165, 1.54) is 69.8 Å². The highest BCUT2D eigenvalue weighted by molar-refractivity contribution is 6.63. The van der Waals surface area contributed by atoms with Crippen LogP contribution in [0, 0.1) is 0 Å². The quantitative estimate of drug-likeness (QED) is 0.165. The molecule has 0 spiro atoms. The molecule has 3 rings (SSSR count). The van der Waals surface area contributed by atoms with Crippen molar-refractivity contribution < 1.29 is 9.31 Å². The summed E-state index contributed by atoms with van der Waals surface area (Å²) in [5.41, 5.74) is 2.43. The minimum atomic E-state index is -0.478. The molecular weight excluding hydrogens is 403 g/mol. The van der Waals surface area contributed by atoms with E-state index in [0.29, 0.717) is 0 Å². The molecule has 3 heteroatoms. The van der Waals surface area contributed by atoms with E-state index in [1.807, 2.05) is 60.7 Å². The first-order chi connectivity index (χ1) is 16.4. The molecule has 0 saturated carbocycles. The lowest BCUT2D eigenvalue weighted by Gasteiger charge is -2.19. The summed E-state index contributed by atoms with van der Waals surface area (Å²) < 4.78 is 12.6. The molecule has 0 aliphatic carbocycles. The molecule has 0 atom stereocenters. The first-order valence-corrected chi connectivity index (χ1v) is 12.9. The molecular formula is C30H39BO2. The molecule has 0 aromatic heterocycles. The summed E-state index contributed by atoms with van der Waals surface area (Å²) in [6.07, 6.45) is 14.6. The third kappa shape index (κ3) is 9.38. The van der Waals surface area contributed by atoms with Crippen LogP contribution in [-0.2, 0) is 6.42 Å². The number of para-hydroxylation sites is 2. The molecule has 0 aliphatic rings. The molecule has 0 aliphatic heterocycles. The van der Waals surface area contributed by atoms with Gasteiger partial charge in [-0.2, -0.15) is 0 Å². The topological polar surface area (TPSA) is 18.5 Å². The average molecular weight is 442 g/mol. The third-order valence-electron chi connectivity index (χ3n) is 6.08. The lowest BCUT2D eigenvalue weighted by atomic mass is 9.74. The Morgan fingerprint density at radius 3 is 1.52 bits per heavy atom. The molecule has 0 fully saturated rings.